The molecule has 0 heterocycles. The Morgan fingerprint density at radius 3 is 1.50 bits per heavy atom. The molecule has 0 aliphatic heterocycles. The number of hydrogen-bond donors (Lipinski definition) is 0. The summed E-state index contributed by atoms with van der Waals surface area (Å²) in [5.74, 6) is 0.167. The number of ketones is 1. The van der Waals surface area contributed by atoms with Gasteiger partial charge in [-0.3, -0.25) is 0 Å². The van der Waals surface area contributed by atoms with Crippen molar-refractivity contribution in [2.75, 3.05) is 0 Å². The van der Waals surface area contributed by atoms with Gasteiger partial charge in [-0.1, -0.05) is 0 Å². The molecule has 0 N–H and O–H groups in total. The summed E-state index contributed by atoms with van der Waals surface area (Å²) < 4.78 is 0. The first kappa shape index (κ1) is 3.67. The van der Waals surface area contributed by atoms with E-state index in [2.05, 4.69) is 0 Å². The number of carbonyl (C=O) groups excluding carboxylic acids is 1. The van der Waals surface area contributed by atoms with E-state index in [1.807, 2.05) is 0 Å². The first-order valence-electron chi connectivity index (χ1n) is 1.20. The first-order valence-corrected chi connectivity index (χ1v) is 1.20. The first-order chi connectivity index (χ1) is 1.73. The summed E-state index contributed by atoms with van der Waals surface area (Å²) in [4.78, 5) is 9.44. The smallest absolute Gasteiger partial charge is 0.126 e. The van der Waals surface area contributed by atoms with Crippen molar-refractivity contribution < 1.29 is 4.79 Å². The summed E-state index contributed by atoms with van der Waals surface area (Å²) in [6.07, 6.45) is 0. The Labute approximate surface area is 25.6 Å². The van der Waals surface area contributed by atoms with Crippen LogP contribution in [0, 0.1) is 0 Å². The number of carbonyl (C=O) groups is 1. The van der Waals surface area contributed by atoms with Crippen molar-refractivity contribution in [3.63, 3.8) is 0 Å². The third-order valence-corrected chi connectivity index (χ3v) is 0. The Balaban J connectivity index is 2.80. The molecule has 0 saturated heterocycles. The zero-order valence-electron chi connectivity index (χ0n) is 2.91. The van der Waals surface area contributed by atoms with Crippen LogP contribution in [-0.4, -0.2) is 5.78 Å². The van der Waals surface area contributed by atoms with E-state index in [1.165, 1.54) is 13.8 Å². The molecule has 0 atom stereocenters. The highest BCUT2D eigenvalue weighted by Crippen LogP contribution is 1.50. The number of rotatable bonds is 0. The Kier molecular flexibility index (Phi) is 0.958. The molecular weight excluding hydrogens is 52.0 g/mol. The standard InChI is InChI=1S/C3H6O/c1-3(2)4/h1-2H3/i3+0. The summed E-state index contributed by atoms with van der Waals surface area (Å²) >= 11 is 0. The zero-order chi connectivity index (χ0) is 3.58. The van der Waals surface area contributed by atoms with Gasteiger partial charge in [0, 0.05) is 0 Å². The molecule has 0 aromatic rings. The molecule has 0 fully saturated rings. The van der Waals surface area contributed by atoms with Gasteiger partial charge in [0.1, 0.15) is 5.78 Å². The molecule has 0 spiro atoms. The lowest BCUT2D eigenvalue weighted by atomic mass is 10.5. The summed E-state index contributed by atoms with van der Waals surface area (Å²) in [7, 11) is 0. The average Bonchev–Trinajstić information content (AvgIpc) is 0.811. The van der Waals surface area contributed by atoms with Crippen LogP contribution in [0.4, 0.5) is 0 Å². The minimum Gasteiger partial charge on any atom is -0.300 e. The Morgan fingerprint density at radius 2 is 1.50 bits per heavy atom. The van der Waals surface area contributed by atoms with E-state index in [-0.39, 0.29) is 5.78 Å². The monoisotopic (exact) mass is 58.0 g/mol. The van der Waals surface area contributed by atoms with Crippen LogP contribution < -0.4 is 0 Å². The third-order valence-electron chi connectivity index (χ3n) is 0. The van der Waals surface area contributed by atoms with Gasteiger partial charge < -0.3 is 4.79 Å². The third kappa shape index (κ3) is 6.88. The Hall–Kier alpha value is -0.330. The molecule has 0 saturated carbocycles. The summed E-state index contributed by atoms with van der Waals surface area (Å²) in [6.45, 7) is 3.06. The van der Waals surface area contributed by atoms with Crippen LogP contribution in [0.3, 0.4) is 0 Å². The van der Waals surface area contributed by atoms with Gasteiger partial charge in [0.25, 0.3) is 0 Å². The summed E-state index contributed by atoms with van der Waals surface area (Å²) in [6, 6.07) is 0. The van der Waals surface area contributed by atoms with Crippen LogP contribution in [0.5, 0.6) is 0 Å². The van der Waals surface area contributed by atoms with Gasteiger partial charge in [-0.05, 0) is 13.8 Å². The topological polar surface area (TPSA) is 17.1 Å². The van der Waals surface area contributed by atoms with Crippen molar-refractivity contribution in [3.8, 4) is 0 Å². The van der Waals surface area contributed by atoms with E-state index < -0.39 is 0 Å². The van der Waals surface area contributed by atoms with Crippen LogP contribution in [0.25, 0.3) is 0 Å². The largest absolute Gasteiger partial charge is 0.300 e. The fourth-order valence-electron chi connectivity index (χ4n) is 0. The maximum Gasteiger partial charge on any atom is 0.126 e. The lowest BCUT2D eigenvalue weighted by molar-refractivity contribution is -0.114. The Morgan fingerprint density at radius 1 is 1.50 bits per heavy atom. The van der Waals surface area contributed by atoms with Gasteiger partial charge in [0.2, 0.25) is 0 Å². The fourth-order valence-corrected chi connectivity index (χ4v) is 0. The van der Waals surface area contributed by atoms with Crippen LogP contribution in [-0.2, 0) is 4.79 Å². The van der Waals surface area contributed by atoms with E-state index in [4.69, 9.17) is 0 Å². The molecule has 0 amide bonds. The Bertz CT molecular complexity index is 26.3. The van der Waals surface area contributed by atoms with Crippen LogP contribution in [0.1, 0.15) is 13.8 Å². The van der Waals surface area contributed by atoms with Crippen molar-refractivity contribution >= 4 is 5.78 Å². The minimum atomic E-state index is 0.167. The van der Waals surface area contributed by atoms with Crippen LogP contribution >= 0.6 is 0 Å². The molecule has 24 valence electrons. The van der Waals surface area contributed by atoms with Gasteiger partial charge in [-0.25, -0.2) is 0 Å². The molecule has 4 heavy (non-hydrogen) atoms. The fraction of sp³-hybridized carbons (Fsp3) is 0.667. The normalized spacial score (nSPS) is 6.50. The van der Waals surface area contributed by atoms with Crippen molar-refractivity contribution in [2.24, 2.45) is 0 Å². The van der Waals surface area contributed by atoms with E-state index in [9.17, 15) is 4.79 Å². The predicted molar refractivity (Wildman–Crippen MR) is 16.4 cm³/mol. The second kappa shape index (κ2) is 1.04. The maximum absolute atomic E-state index is 9.44. The lowest BCUT2D eigenvalue weighted by Gasteiger charge is -1.56. The molecule has 0 radical (unpaired) electrons. The molecule has 1 nitrogen and oxygen atoms in total. The zero-order valence-corrected chi connectivity index (χ0v) is 2.91. The van der Waals surface area contributed by atoms with Gasteiger partial charge in [-0.2, -0.15) is 0 Å². The van der Waals surface area contributed by atoms with Gasteiger partial charge in [-0.15, -0.1) is 0 Å². The second-order valence-electron chi connectivity index (χ2n) is 0.908. The van der Waals surface area contributed by atoms with Crippen LogP contribution in [0.15, 0.2) is 0 Å². The van der Waals surface area contributed by atoms with E-state index in [1.54, 1.807) is 0 Å². The predicted octanol–water partition coefficient (Wildman–Crippen LogP) is 0.595. The van der Waals surface area contributed by atoms with Gasteiger partial charge in [0.15, 0.2) is 0 Å². The quantitative estimate of drug-likeness (QED) is 0.398. The van der Waals surface area contributed by atoms with Crippen molar-refractivity contribution in [2.45, 2.75) is 13.8 Å². The molecule has 0 aromatic carbocycles. The molecule has 0 aromatic heterocycles. The molecular formula is C3H6O. The molecule has 1 heteroatoms. The molecule has 0 bridgehead atoms. The van der Waals surface area contributed by atoms with E-state index in [0.29, 0.717) is 0 Å². The number of Topliss-reactive ketones (excluding diaryl/α,β-unsaturated/α-hetero) is 1. The SMILES string of the molecule is C[12C](C)=O. The molecule has 0 unspecified atom stereocenters. The number of hydrogen-bond acceptors (Lipinski definition) is 1. The summed E-state index contributed by atoms with van der Waals surface area (Å²) in [5.41, 5.74) is 0. The maximum atomic E-state index is 9.44. The lowest BCUT2D eigenvalue weighted by Crippen LogP contribution is -1.69. The van der Waals surface area contributed by atoms with E-state index in [0.717, 1.165) is 0 Å². The minimum absolute atomic E-state index is 0.167. The average molecular weight is 58.1 g/mol. The van der Waals surface area contributed by atoms with Crippen molar-refractivity contribution in [1.82, 2.24) is 0 Å². The van der Waals surface area contributed by atoms with E-state index >= 15 is 0 Å². The molecule has 0 aliphatic carbocycles. The van der Waals surface area contributed by atoms with Gasteiger partial charge in [0.05, 0.1) is 0 Å². The van der Waals surface area contributed by atoms with Gasteiger partial charge >= 0.3 is 0 Å². The van der Waals surface area contributed by atoms with Crippen molar-refractivity contribution in [3.05, 3.63) is 0 Å². The summed E-state index contributed by atoms with van der Waals surface area (Å²) in [5, 5.41) is 0. The highest BCUT2D eigenvalue weighted by atomic mass is 16.1. The van der Waals surface area contributed by atoms with Crippen molar-refractivity contribution in [1.29, 1.82) is 0 Å². The highest BCUT2D eigenvalue weighted by Gasteiger charge is 1.62. The second-order valence-corrected chi connectivity index (χ2v) is 0.908. The molecule has 0 rings (SSSR count). The molecule has 0 aliphatic rings. The highest BCUT2D eigenvalue weighted by molar-refractivity contribution is 5.72. The van der Waals surface area contributed by atoms with Crippen LogP contribution in [0.2, 0.25) is 0 Å².